The van der Waals surface area contributed by atoms with Crippen molar-refractivity contribution < 1.29 is 24.6 Å². The molecule has 5 heteroatoms. The van der Waals surface area contributed by atoms with Gasteiger partial charge in [-0.2, -0.15) is 0 Å². The Morgan fingerprint density at radius 3 is 2.50 bits per heavy atom. The third-order valence-electron chi connectivity index (χ3n) is 3.38. The van der Waals surface area contributed by atoms with Crippen molar-refractivity contribution in [3.8, 4) is 0 Å². The Balaban J connectivity index is 2.50. The number of rotatable bonds is 3. The van der Waals surface area contributed by atoms with E-state index in [9.17, 15) is 19.5 Å². The van der Waals surface area contributed by atoms with E-state index in [2.05, 4.69) is 0 Å². The summed E-state index contributed by atoms with van der Waals surface area (Å²) >= 11 is 0. The molecule has 1 aromatic rings. The fourth-order valence-electron chi connectivity index (χ4n) is 2.39. The molecule has 18 heavy (non-hydrogen) atoms. The number of fused-ring (bicyclic) bond motifs is 1. The minimum atomic E-state index is -1.82. The van der Waals surface area contributed by atoms with Crippen LogP contribution in [0.5, 0.6) is 0 Å². The second-order valence-corrected chi connectivity index (χ2v) is 4.44. The van der Waals surface area contributed by atoms with E-state index < -0.39 is 29.6 Å². The lowest BCUT2D eigenvalue weighted by Gasteiger charge is -2.31. The van der Waals surface area contributed by atoms with Gasteiger partial charge >= 0.3 is 11.9 Å². The van der Waals surface area contributed by atoms with Gasteiger partial charge in [0.25, 0.3) is 0 Å². The second kappa shape index (κ2) is 4.25. The molecule has 0 bridgehead atoms. The molecule has 0 spiro atoms. The summed E-state index contributed by atoms with van der Waals surface area (Å²) in [6, 6.07) is 6.74. The van der Waals surface area contributed by atoms with Crippen LogP contribution < -0.4 is 0 Å². The van der Waals surface area contributed by atoms with Crippen molar-refractivity contribution in [1.29, 1.82) is 0 Å². The number of aliphatic carboxylic acids is 2. The van der Waals surface area contributed by atoms with Gasteiger partial charge in [-0.3, -0.25) is 14.4 Å². The molecule has 1 aromatic carbocycles. The van der Waals surface area contributed by atoms with Gasteiger partial charge in [0.15, 0.2) is 5.78 Å². The molecule has 0 amide bonds. The summed E-state index contributed by atoms with van der Waals surface area (Å²) in [5, 5.41) is 18.1. The van der Waals surface area contributed by atoms with Crippen molar-refractivity contribution in [2.75, 3.05) is 0 Å². The Kier molecular flexibility index (Phi) is 2.90. The van der Waals surface area contributed by atoms with Crippen molar-refractivity contribution >= 4 is 17.7 Å². The molecule has 1 aliphatic carbocycles. The predicted octanol–water partition coefficient (Wildman–Crippen LogP) is 1.36. The van der Waals surface area contributed by atoms with Crippen LogP contribution in [0.25, 0.3) is 0 Å². The highest BCUT2D eigenvalue weighted by Crippen LogP contribution is 2.38. The van der Waals surface area contributed by atoms with Crippen molar-refractivity contribution in [1.82, 2.24) is 0 Å². The average molecular weight is 248 g/mol. The number of hydrogen-bond acceptors (Lipinski definition) is 3. The smallest absolute Gasteiger partial charge is 0.318 e. The number of carboxylic acid groups (broad SMARTS) is 2. The van der Waals surface area contributed by atoms with Crippen LogP contribution in [0.1, 0.15) is 28.8 Å². The van der Waals surface area contributed by atoms with E-state index >= 15 is 0 Å². The number of ketones is 1. The minimum Gasteiger partial charge on any atom is -0.481 e. The maximum Gasteiger partial charge on any atom is 0.318 e. The molecular formula is C13H12O5. The highest BCUT2D eigenvalue weighted by molar-refractivity contribution is 6.15. The molecule has 0 aliphatic heterocycles. The van der Waals surface area contributed by atoms with Crippen LogP contribution in [-0.4, -0.2) is 27.9 Å². The van der Waals surface area contributed by atoms with Crippen molar-refractivity contribution in [3.63, 3.8) is 0 Å². The Labute approximate surface area is 103 Å². The Morgan fingerprint density at radius 2 is 1.89 bits per heavy atom. The minimum absolute atomic E-state index is 0.0322. The highest BCUT2D eigenvalue weighted by Gasteiger charge is 2.50. The first-order valence-corrected chi connectivity index (χ1v) is 5.55. The third kappa shape index (κ3) is 1.77. The molecule has 1 atom stereocenters. The molecule has 2 rings (SSSR count). The second-order valence-electron chi connectivity index (χ2n) is 4.44. The average Bonchev–Trinajstić information content (AvgIpc) is 2.32. The van der Waals surface area contributed by atoms with Crippen LogP contribution in [0, 0.1) is 5.41 Å². The van der Waals surface area contributed by atoms with Gasteiger partial charge < -0.3 is 10.2 Å². The first kappa shape index (κ1) is 12.3. The van der Waals surface area contributed by atoms with E-state index in [-0.39, 0.29) is 6.42 Å². The molecule has 0 saturated heterocycles. The number of carbonyl (C=O) groups excluding carboxylic acids is 1. The zero-order chi connectivity index (χ0) is 13.3. The lowest BCUT2D eigenvalue weighted by molar-refractivity contribution is -0.153. The first-order valence-electron chi connectivity index (χ1n) is 5.55. The van der Waals surface area contributed by atoms with E-state index in [1.165, 1.54) is 0 Å². The van der Waals surface area contributed by atoms with Crippen LogP contribution in [0.2, 0.25) is 0 Å². The number of benzene rings is 1. The number of aryl methyl sites for hydroxylation is 1. The monoisotopic (exact) mass is 248 g/mol. The quantitative estimate of drug-likeness (QED) is 0.788. The van der Waals surface area contributed by atoms with E-state index in [0.717, 1.165) is 5.56 Å². The Bertz CT molecular complexity index is 534. The maximum atomic E-state index is 12.3. The van der Waals surface area contributed by atoms with E-state index in [1.807, 2.05) is 0 Å². The third-order valence-corrected chi connectivity index (χ3v) is 3.38. The van der Waals surface area contributed by atoms with Gasteiger partial charge in [0.1, 0.15) is 5.41 Å². The van der Waals surface area contributed by atoms with Gasteiger partial charge in [-0.1, -0.05) is 24.3 Å². The zero-order valence-corrected chi connectivity index (χ0v) is 9.55. The van der Waals surface area contributed by atoms with Crippen LogP contribution in [0.15, 0.2) is 24.3 Å². The number of carbonyl (C=O) groups is 3. The van der Waals surface area contributed by atoms with Gasteiger partial charge in [-0.15, -0.1) is 0 Å². The maximum absolute atomic E-state index is 12.3. The van der Waals surface area contributed by atoms with Gasteiger partial charge in [0.05, 0.1) is 6.42 Å². The van der Waals surface area contributed by atoms with E-state index in [0.29, 0.717) is 12.0 Å². The van der Waals surface area contributed by atoms with E-state index in [4.69, 9.17) is 5.11 Å². The van der Waals surface area contributed by atoms with E-state index in [1.54, 1.807) is 24.3 Å². The highest BCUT2D eigenvalue weighted by atomic mass is 16.4. The summed E-state index contributed by atoms with van der Waals surface area (Å²) in [4.78, 5) is 34.4. The van der Waals surface area contributed by atoms with Gasteiger partial charge in [0, 0.05) is 5.56 Å². The van der Waals surface area contributed by atoms with Gasteiger partial charge in [0.2, 0.25) is 0 Å². The Hall–Kier alpha value is -2.17. The molecule has 0 heterocycles. The first-order chi connectivity index (χ1) is 8.47. The predicted molar refractivity (Wildman–Crippen MR) is 61.4 cm³/mol. The van der Waals surface area contributed by atoms with Crippen molar-refractivity contribution in [2.45, 2.75) is 19.3 Å². The topological polar surface area (TPSA) is 91.7 Å². The lowest BCUT2D eigenvalue weighted by Crippen LogP contribution is -2.44. The lowest BCUT2D eigenvalue weighted by atomic mass is 9.68. The normalized spacial score (nSPS) is 22.3. The summed E-state index contributed by atoms with van der Waals surface area (Å²) in [6.07, 6.45) is -0.235. The van der Waals surface area contributed by atoms with Gasteiger partial charge in [-0.25, -0.2) is 0 Å². The fourth-order valence-corrected chi connectivity index (χ4v) is 2.39. The SMILES string of the molecule is O=C(O)CC1(C(=O)O)CCc2ccccc2C1=O. The summed E-state index contributed by atoms with van der Waals surface area (Å²) in [6.45, 7) is 0. The van der Waals surface area contributed by atoms with Crippen LogP contribution >= 0.6 is 0 Å². The zero-order valence-electron chi connectivity index (χ0n) is 9.55. The summed E-state index contributed by atoms with van der Waals surface area (Å²) < 4.78 is 0. The largest absolute Gasteiger partial charge is 0.481 e. The van der Waals surface area contributed by atoms with Crippen molar-refractivity contribution in [2.24, 2.45) is 5.41 Å². The number of Topliss-reactive ketones (excluding diaryl/α,β-unsaturated/α-hetero) is 1. The molecule has 94 valence electrons. The van der Waals surface area contributed by atoms with Crippen LogP contribution in [0.3, 0.4) is 0 Å². The standard InChI is InChI=1S/C13H12O5/c14-10(15)7-13(12(17)18)6-5-8-3-1-2-4-9(8)11(13)16/h1-4H,5-7H2,(H,14,15)(H,17,18). The summed E-state index contributed by atoms with van der Waals surface area (Å²) in [5.74, 6) is -3.23. The van der Waals surface area contributed by atoms with Crippen LogP contribution in [0.4, 0.5) is 0 Å². The molecule has 0 radical (unpaired) electrons. The van der Waals surface area contributed by atoms with Crippen LogP contribution in [-0.2, 0) is 16.0 Å². The molecule has 0 aromatic heterocycles. The molecule has 5 nitrogen and oxygen atoms in total. The summed E-state index contributed by atoms with van der Waals surface area (Å²) in [7, 11) is 0. The Morgan fingerprint density at radius 1 is 1.22 bits per heavy atom. The molecule has 1 aliphatic rings. The molecule has 2 N–H and O–H groups in total. The molecule has 1 unspecified atom stereocenters. The number of hydrogen-bond donors (Lipinski definition) is 2. The summed E-state index contributed by atoms with van der Waals surface area (Å²) in [5.41, 5.74) is -0.711. The molecular weight excluding hydrogens is 236 g/mol. The molecule has 0 fully saturated rings. The molecule has 0 saturated carbocycles. The van der Waals surface area contributed by atoms with Gasteiger partial charge in [-0.05, 0) is 18.4 Å². The van der Waals surface area contributed by atoms with Crippen molar-refractivity contribution in [3.05, 3.63) is 35.4 Å². The fraction of sp³-hybridized carbons (Fsp3) is 0.308. The number of carboxylic acids is 2.